The number of hydrogen-bond donors (Lipinski definition) is 2. The Kier molecular flexibility index (Phi) is 5.92. The molecule has 2 unspecified atom stereocenters. The molecule has 0 aromatic rings. The van der Waals surface area contributed by atoms with Gasteiger partial charge in [-0.25, -0.2) is 0 Å². The second-order valence-corrected chi connectivity index (χ2v) is 5.44. The number of hydrogen-bond acceptors (Lipinski definition) is 3. The van der Waals surface area contributed by atoms with E-state index in [9.17, 15) is 4.79 Å². The van der Waals surface area contributed by atoms with Crippen molar-refractivity contribution >= 4 is 5.91 Å². The van der Waals surface area contributed by atoms with Crippen molar-refractivity contribution in [2.45, 2.75) is 46.2 Å². The van der Waals surface area contributed by atoms with Crippen molar-refractivity contribution in [1.82, 2.24) is 15.5 Å². The largest absolute Gasteiger partial charge is 0.355 e. The highest BCUT2D eigenvalue weighted by Crippen LogP contribution is 2.08. The summed E-state index contributed by atoms with van der Waals surface area (Å²) in [7, 11) is 0. The summed E-state index contributed by atoms with van der Waals surface area (Å²) in [5.41, 5.74) is 0. The highest BCUT2D eigenvalue weighted by Gasteiger charge is 2.27. The lowest BCUT2D eigenvalue weighted by Crippen LogP contribution is -2.57. The number of carbonyl (C=O) groups is 1. The average Bonchev–Trinajstić information content (AvgIpc) is 2.28. The summed E-state index contributed by atoms with van der Waals surface area (Å²) < 4.78 is 0. The van der Waals surface area contributed by atoms with E-state index >= 15 is 0 Å². The number of amides is 1. The first-order chi connectivity index (χ1) is 8.02. The topological polar surface area (TPSA) is 44.4 Å². The summed E-state index contributed by atoms with van der Waals surface area (Å²) in [4.78, 5) is 14.3. The molecule has 1 fully saturated rings. The Balaban J connectivity index is 2.34. The monoisotopic (exact) mass is 241 g/mol. The Bertz CT molecular complexity index is 243. The fraction of sp³-hybridized carbons (Fsp3) is 0.923. The van der Waals surface area contributed by atoms with Crippen molar-refractivity contribution in [2.75, 3.05) is 26.2 Å². The smallest absolute Gasteiger partial charge is 0.237 e. The van der Waals surface area contributed by atoms with Crippen LogP contribution in [0.25, 0.3) is 0 Å². The molecule has 1 rings (SSSR count). The highest BCUT2D eigenvalue weighted by molar-refractivity contribution is 5.81. The SMILES string of the molecule is CC(C)CCNC(=O)C(C)N1CCNCC1C. The number of rotatable bonds is 5. The molecule has 0 aromatic heterocycles. The van der Waals surface area contributed by atoms with Crippen molar-refractivity contribution in [1.29, 1.82) is 0 Å². The molecule has 17 heavy (non-hydrogen) atoms. The summed E-state index contributed by atoms with van der Waals surface area (Å²) in [6.45, 7) is 12.2. The molecule has 4 heteroatoms. The Labute approximate surface area is 105 Å². The molecule has 2 atom stereocenters. The summed E-state index contributed by atoms with van der Waals surface area (Å²) in [6.07, 6.45) is 1.05. The van der Waals surface area contributed by atoms with Crippen LogP contribution < -0.4 is 10.6 Å². The van der Waals surface area contributed by atoms with Crippen molar-refractivity contribution < 1.29 is 4.79 Å². The molecular formula is C13H27N3O. The zero-order valence-electron chi connectivity index (χ0n) is 11.6. The first-order valence-electron chi connectivity index (χ1n) is 6.76. The Hall–Kier alpha value is -0.610. The second-order valence-electron chi connectivity index (χ2n) is 5.44. The van der Waals surface area contributed by atoms with Gasteiger partial charge in [0.1, 0.15) is 0 Å². The van der Waals surface area contributed by atoms with Gasteiger partial charge in [-0.2, -0.15) is 0 Å². The van der Waals surface area contributed by atoms with Gasteiger partial charge in [0, 0.05) is 32.2 Å². The van der Waals surface area contributed by atoms with E-state index in [2.05, 4.69) is 36.3 Å². The summed E-state index contributed by atoms with van der Waals surface area (Å²) in [5.74, 6) is 0.808. The van der Waals surface area contributed by atoms with E-state index in [-0.39, 0.29) is 11.9 Å². The van der Waals surface area contributed by atoms with Gasteiger partial charge in [-0.05, 0) is 26.2 Å². The van der Waals surface area contributed by atoms with Gasteiger partial charge >= 0.3 is 0 Å². The molecule has 0 aromatic carbocycles. The molecular weight excluding hydrogens is 214 g/mol. The standard InChI is InChI=1S/C13H27N3O/c1-10(2)5-6-15-13(17)12(4)16-8-7-14-9-11(16)3/h10-12,14H,5-9H2,1-4H3,(H,15,17). The Morgan fingerprint density at radius 2 is 2.18 bits per heavy atom. The lowest BCUT2D eigenvalue weighted by atomic mass is 10.1. The van der Waals surface area contributed by atoms with E-state index < -0.39 is 0 Å². The van der Waals surface area contributed by atoms with Crippen LogP contribution in [0.3, 0.4) is 0 Å². The van der Waals surface area contributed by atoms with Crippen LogP contribution in [0.2, 0.25) is 0 Å². The van der Waals surface area contributed by atoms with E-state index in [1.807, 2.05) is 6.92 Å². The predicted molar refractivity (Wildman–Crippen MR) is 71.0 cm³/mol. The Morgan fingerprint density at radius 3 is 2.76 bits per heavy atom. The van der Waals surface area contributed by atoms with Crippen LogP contribution >= 0.6 is 0 Å². The van der Waals surface area contributed by atoms with Crippen molar-refractivity contribution in [3.05, 3.63) is 0 Å². The number of piperazine rings is 1. The van der Waals surface area contributed by atoms with Crippen LogP contribution in [0.5, 0.6) is 0 Å². The fourth-order valence-electron chi connectivity index (χ4n) is 2.21. The third kappa shape index (κ3) is 4.64. The minimum Gasteiger partial charge on any atom is -0.355 e. The molecule has 0 radical (unpaired) electrons. The van der Waals surface area contributed by atoms with Gasteiger partial charge in [0.05, 0.1) is 6.04 Å². The van der Waals surface area contributed by atoms with Gasteiger partial charge in [0.2, 0.25) is 5.91 Å². The van der Waals surface area contributed by atoms with E-state index in [1.54, 1.807) is 0 Å². The van der Waals surface area contributed by atoms with Crippen LogP contribution in [0.4, 0.5) is 0 Å². The molecule has 1 heterocycles. The maximum atomic E-state index is 12.0. The van der Waals surface area contributed by atoms with Crippen LogP contribution in [-0.4, -0.2) is 49.1 Å². The molecule has 1 aliphatic rings. The molecule has 1 saturated heterocycles. The minimum atomic E-state index is -0.0146. The quantitative estimate of drug-likeness (QED) is 0.749. The summed E-state index contributed by atoms with van der Waals surface area (Å²) in [5, 5.41) is 6.37. The maximum absolute atomic E-state index is 12.0. The number of nitrogens with one attached hydrogen (secondary N) is 2. The van der Waals surface area contributed by atoms with E-state index in [0.29, 0.717) is 12.0 Å². The molecule has 100 valence electrons. The van der Waals surface area contributed by atoms with Crippen LogP contribution in [-0.2, 0) is 4.79 Å². The van der Waals surface area contributed by atoms with Crippen molar-refractivity contribution in [3.8, 4) is 0 Å². The molecule has 1 aliphatic heterocycles. The lowest BCUT2D eigenvalue weighted by Gasteiger charge is -2.37. The molecule has 1 amide bonds. The summed E-state index contributed by atoms with van der Waals surface area (Å²) >= 11 is 0. The molecule has 2 N–H and O–H groups in total. The third-order valence-corrected chi connectivity index (χ3v) is 3.45. The second kappa shape index (κ2) is 6.97. The molecule has 0 bridgehead atoms. The van der Waals surface area contributed by atoms with Gasteiger partial charge < -0.3 is 10.6 Å². The van der Waals surface area contributed by atoms with Gasteiger partial charge in [-0.3, -0.25) is 9.69 Å². The zero-order valence-corrected chi connectivity index (χ0v) is 11.6. The maximum Gasteiger partial charge on any atom is 0.237 e. The minimum absolute atomic E-state index is 0.0146. The van der Waals surface area contributed by atoms with Gasteiger partial charge in [0.15, 0.2) is 0 Å². The fourth-order valence-corrected chi connectivity index (χ4v) is 2.21. The number of nitrogens with zero attached hydrogens (tertiary/aromatic N) is 1. The van der Waals surface area contributed by atoms with Crippen LogP contribution in [0, 0.1) is 5.92 Å². The number of carbonyl (C=O) groups excluding carboxylic acids is 1. The predicted octanol–water partition coefficient (Wildman–Crippen LogP) is 0.831. The lowest BCUT2D eigenvalue weighted by molar-refractivity contribution is -0.127. The first kappa shape index (κ1) is 14.5. The van der Waals surface area contributed by atoms with E-state index in [1.165, 1.54) is 0 Å². The van der Waals surface area contributed by atoms with Crippen LogP contribution in [0.1, 0.15) is 34.1 Å². The molecule has 0 spiro atoms. The van der Waals surface area contributed by atoms with E-state index in [4.69, 9.17) is 0 Å². The van der Waals surface area contributed by atoms with Gasteiger partial charge in [0.25, 0.3) is 0 Å². The normalized spacial score (nSPS) is 23.7. The molecule has 0 saturated carbocycles. The highest BCUT2D eigenvalue weighted by atomic mass is 16.2. The zero-order chi connectivity index (χ0) is 12.8. The van der Waals surface area contributed by atoms with Gasteiger partial charge in [-0.15, -0.1) is 0 Å². The van der Waals surface area contributed by atoms with Crippen molar-refractivity contribution in [3.63, 3.8) is 0 Å². The van der Waals surface area contributed by atoms with Crippen molar-refractivity contribution in [2.24, 2.45) is 5.92 Å². The average molecular weight is 241 g/mol. The molecule has 4 nitrogen and oxygen atoms in total. The van der Waals surface area contributed by atoms with Crippen LogP contribution in [0.15, 0.2) is 0 Å². The van der Waals surface area contributed by atoms with E-state index in [0.717, 1.165) is 32.6 Å². The Morgan fingerprint density at radius 1 is 1.47 bits per heavy atom. The third-order valence-electron chi connectivity index (χ3n) is 3.45. The molecule has 0 aliphatic carbocycles. The van der Waals surface area contributed by atoms with Gasteiger partial charge in [-0.1, -0.05) is 13.8 Å². The summed E-state index contributed by atoms with van der Waals surface area (Å²) in [6, 6.07) is 0.425. The first-order valence-corrected chi connectivity index (χ1v) is 6.76.